The molecule has 4 fully saturated rings. The molecule has 0 amide bonds. The Kier molecular flexibility index (Phi) is 6.31. The van der Waals surface area contributed by atoms with Gasteiger partial charge in [-0.15, -0.1) is 0 Å². The standard InChI is InChI=1S/C31H32F3N3O2/c1-37(24-8-5-22(6-9-24)30-16-19-12-20(17-30)14-21(13-19)18-30)27-10-7-23(15-26(27)31(32,33)34)36-28-25(29(38)39-2)4-3-11-35-28/h3-11,15,19-21H,12-14,16-18H2,1-2H3,(H,35,36). The molecule has 4 saturated carbocycles. The van der Waals surface area contributed by atoms with Crippen molar-refractivity contribution in [3.05, 3.63) is 77.5 Å². The third-order valence-corrected chi connectivity index (χ3v) is 9.04. The average molecular weight is 536 g/mol. The molecule has 0 saturated heterocycles. The highest BCUT2D eigenvalue weighted by Crippen LogP contribution is 2.60. The summed E-state index contributed by atoms with van der Waals surface area (Å²) in [5.41, 5.74) is 1.85. The lowest BCUT2D eigenvalue weighted by molar-refractivity contribution is -0.137. The van der Waals surface area contributed by atoms with E-state index >= 15 is 0 Å². The largest absolute Gasteiger partial charge is 0.465 e. The van der Waals surface area contributed by atoms with E-state index in [1.54, 1.807) is 24.1 Å². The molecule has 1 aromatic heterocycles. The molecule has 1 N–H and O–H groups in total. The van der Waals surface area contributed by atoms with Gasteiger partial charge in [-0.1, -0.05) is 12.1 Å². The lowest BCUT2D eigenvalue weighted by Crippen LogP contribution is -2.48. The fourth-order valence-electron chi connectivity index (χ4n) is 7.69. The Morgan fingerprint density at radius 1 is 1.00 bits per heavy atom. The predicted molar refractivity (Wildman–Crippen MR) is 145 cm³/mol. The second kappa shape index (κ2) is 9.57. The molecule has 4 bridgehead atoms. The van der Waals surface area contributed by atoms with Crippen LogP contribution in [-0.4, -0.2) is 25.1 Å². The Labute approximate surface area is 226 Å². The number of hydrogen-bond acceptors (Lipinski definition) is 5. The van der Waals surface area contributed by atoms with Crippen LogP contribution in [0.2, 0.25) is 0 Å². The number of nitrogens with zero attached hydrogens (tertiary/aromatic N) is 2. The van der Waals surface area contributed by atoms with Gasteiger partial charge >= 0.3 is 12.1 Å². The van der Waals surface area contributed by atoms with Gasteiger partial charge in [-0.2, -0.15) is 13.2 Å². The van der Waals surface area contributed by atoms with Crippen LogP contribution in [0.15, 0.2) is 60.8 Å². The quantitative estimate of drug-likeness (QED) is 0.326. The number of alkyl halides is 3. The number of hydrogen-bond donors (Lipinski definition) is 1. The molecule has 5 nitrogen and oxygen atoms in total. The van der Waals surface area contributed by atoms with Crippen molar-refractivity contribution in [2.45, 2.75) is 50.1 Å². The number of pyridine rings is 1. The van der Waals surface area contributed by atoms with Crippen LogP contribution in [0.3, 0.4) is 0 Å². The first-order valence-electron chi connectivity index (χ1n) is 13.5. The van der Waals surface area contributed by atoms with E-state index in [-0.39, 0.29) is 28.2 Å². The van der Waals surface area contributed by atoms with Gasteiger partial charge in [0.05, 0.1) is 18.4 Å². The van der Waals surface area contributed by atoms with Gasteiger partial charge in [0.25, 0.3) is 0 Å². The van der Waals surface area contributed by atoms with Gasteiger partial charge in [0.2, 0.25) is 0 Å². The summed E-state index contributed by atoms with van der Waals surface area (Å²) in [5.74, 6) is 1.98. The minimum Gasteiger partial charge on any atom is -0.465 e. The summed E-state index contributed by atoms with van der Waals surface area (Å²) in [6, 6.07) is 15.3. The highest BCUT2D eigenvalue weighted by molar-refractivity contribution is 5.95. The van der Waals surface area contributed by atoms with Crippen molar-refractivity contribution in [2.75, 3.05) is 24.4 Å². The molecule has 0 spiro atoms. The van der Waals surface area contributed by atoms with E-state index in [1.165, 1.54) is 69.5 Å². The number of rotatable bonds is 6. The van der Waals surface area contributed by atoms with E-state index in [0.717, 1.165) is 23.8 Å². The Bertz CT molecular complexity index is 1350. The summed E-state index contributed by atoms with van der Waals surface area (Å²) in [5, 5.41) is 2.85. The average Bonchev–Trinajstić information content (AvgIpc) is 2.91. The van der Waals surface area contributed by atoms with E-state index in [2.05, 4.69) is 22.4 Å². The summed E-state index contributed by atoms with van der Waals surface area (Å²) < 4.78 is 47.5. The molecule has 204 valence electrons. The number of ether oxygens (including phenoxy) is 1. The molecule has 4 aliphatic rings. The molecule has 39 heavy (non-hydrogen) atoms. The summed E-state index contributed by atoms with van der Waals surface area (Å²) in [6.45, 7) is 0. The minimum atomic E-state index is -4.59. The monoisotopic (exact) mass is 535 g/mol. The third kappa shape index (κ3) is 4.74. The van der Waals surface area contributed by atoms with Gasteiger partial charge in [-0.3, -0.25) is 0 Å². The van der Waals surface area contributed by atoms with Crippen molar-refractivity contribution >= 4 is 28.8 Å². The molecule has 0 radical (unpaired) electrons. The highest BCUT2D eigenvalue weighted by Gasteiger charge is 2.51. The van der Waals surface area contributed by atoms with Gasteiger partial charge in [0, 0.05) is 24.6 Å². The first kappa shape index (κ1) is 25.7. The van der Waals surface area contributed by atoms with Crippen LogP contribution >= 0.6 is 0 Å². The van der Waals surface area contributed by atoms with Crippen LogP contribution in [-0.2, 0) is 16.3 Å². The number of anilines is 4. The minimum absolute atomic E-state index is 0.0461. The van der Waals surface area contributed by atoms with Crippen LogP contribution in [0.1, 0.15) is 60.0 Å². The van der Waals surface area contributed by atoms with Crippen LogP contribution in [0.4, 0.5) is 36.1 Å². The number of benzene rings is 2. The smallest absolute Gasteiger partial charge is 0.418 e. The molecule has 7 rings (SSSR count). The van der Waals surface area contributed by atoms with Crippen molar-refractivity contribution in [1.82, 2.24) is 4.98 Å². The topological polar surface area (TPSA) is 54.5 Å². The second-order valence-electron chi connectivity index (χ2n) is 11.5. The van der Waals surface area contributed by atoms with Gasteiger partial charge in [0.1, 0.15) is 11.4 Å². The van der Waals surface area contributed by atoms with Crippen LogP contribution in [0.25, 0.3) is 0 Å². The van der Waals surface area contributed by atoms with Gasteiger partial charge < -0.3 is 15.0 Å². The zero-order valence-electron chi connectivity index (χ0n) is 22.1. The molecular formula is C31H32F3N3O2. The lowest BCUT2D eigenvalue weighted by atomic mass is 9.48. The van der Waals surface area contributed by atoms with Gasteiger partial charge in [-0.25, -0.2) is 9.78 Å². The number of halogens is 3. The first-order chi connectivity index (χ1) is 18.6. The van der Waals surface area contributed by atoms with E-state index in [9.17, 15) is 18.0 Å². The molecular weight excluding hydrogens is 503 g/mol. The van der Waals surface area contributed by atoms with Crippen molar-refractivity contribution in [3.63, 3.8) is 0 Å². The third-order valence-electron chi connectivity index (χ3n) is 9.04. The fourth-order valence-corrected chi connectivity index (χ4v) is 7.69. The number of carbonyl (C=O) groups is 1. The summed E-state index contributed by atoms with van der Waals surface area (Å²) >= 11 is 0. The number of aromatic nitrogens is 1. The summed E-state index contributed by atoms with van der Waals surface area (Å²) in [7, 11) is 2.90. The molecule has 2 aromatic carbocycles. The van der Waals surface area contributed by atoms with Crippen molar-refractivity contribution in [2.24, 2.45) is 17.8 Å². The first-order valence-corrected chi connectivity index (χ1v) is 13.5. The molecule has 0 atom stereocenters. The molecule has 8 heteroatoms. The SMILES string of the molecule is COC(=O)c1cccnc1Nc1ccc(N(C)c2ccc(C34CC5CC(CC(C5)C3)C4)cc2)c(C(F)(F)F)c1. The van der Waals surface area contributed by atoms with Crippen LogP contribution < -0.4 is 10.2 Å². The van der Waals surface area contributed by atoms with E-state index in [1.807, 2.05) is 12.1 Å². The molecule has 4 aliphatic carbocycles. The number of esters is 1. The van der Waals surface area contributed by atoms with E-state index < -0.39 is 17.7 Å². The van der Waals surface area contributed by atoms with Gasteiger partial charge in [-0.05, 0) is 110 Å². The van der Waals surface area contributed by atoms with Gasteiger partial charge in [0.15, 0.2) is 0 Å². The Hall–Kier alpha value is -3.55. The Morgan fingerprint density at radius 2 is 1.64 bits per heavy atom. The highest BCUT2D eigenvalue weighted by atomic mass is 19.4. The van der Waals surface area contributed by atoms with Crippen molar-refractivity contribution in [3.8, 4) is 0 Å². The van der Waals surface area contributed by atoms with Crippen molar-refractivity contribution < 1.29 is 22.7 Å². The number of nitrogens with one attached hydrogen (secondary N) is 1. The summed E-state index contributed by atoms with van der Waals surface area (Å²) in [6.07, 6.45) is 4.71. The maximum absolute atomic E-state index is 14.2. The van der Waals surface area contributed by atoms with E-state index in [4.69, 9.17) is 4.74 Å². The Balaban J connectivity index is 1.27. The maximum atomic E-state index is 14.2. The second-order valence-corrected chi connectivity index (χ2v) is 11.5. The van der Waals surface area contributed by atoms with Crippen LogP contribution in [0.5, 0.6) is 0 Å². The predicted octanol–water partition coefficient (Wildman–Crippen LogP) is 7.87. The normalized spacial score (nSPS) is 25.4. The van der Waals surface area contributed by atoms with E-state index in [0.29, 0.717) is 5.69 Å². The fraction of sp³-hybridized carbons (Fsp3) is 0.419. The molecule has 3 aromatic rings. The molecule has 1 heterocycles. The maximum Gasteiger partial charge on any atom is 0.418 e. The zero-order valence-corrected chi connectivity index (χ0v) is 22.1. The molecule has 0 aliphatic heterocycles. The van der Waals surface area contributed by atoms with Crippen LogP contribution in [0, 0.1) is 17.8 Å². The number of methoxy groups -OCH3 is 1. The lowest BCUT2D eigenvalue weighted by Gasteiger charge is -2.57. The van der Waals surface area contributed by atoms with Crippen molar-refractivity contribution in [1.29, 1.82) is 0 Å². The zero-order chi connectivity index (χ0) is 27.4. The Morgan fingerprint density at radius 3 is 2.23 bits per heavy atom. The molecule has 0 unspecified atom stereocenters. The number of carbonyl (C=O) groups excluding carboxylic acids is 1. The summed E-state index contributed by atoms with van der Waals surface area (Å²) in [4.78, 5) is 17.8.